The first kappa shape index (κ1) is 18.5. The minimum atomic E-state index is -1.12. The van der Waals surface area contributed by atoms with Crippen molar-refractivity contribution in [3.8, 4) is 11.3 Å². The minimum Gasteiger partial charge on any atom is -0.450 e. The highest BCUT2D eigenvalue weighted by Crippen LogP contribution is 2.31. The number of aromatic amines is 2. The highest BCUT2D eigenvalue weighted by molar-refractivity contribution is 5.97. The second-order valence-electron chi connectivity index (χ2n) is 6.33. The van der Waals surface area contributed by atoms with Gasteiger partial charge in [0.25, 0.3) is 5.56 Å². The van der Waals surface area contributed by atoms with Gasteiger partial charge in [0.2, 0.25) is 5.95 Å². The number of benzene rings is 2. The van der Waals surface area contributed by atoms with E-state index in [1.165, 1.54) is 0 Å². The number of carbonyl (C=O) groups is 1. The molecule has 148 valence electrons. The highest BCUT2D eigenvalue weighted by Gasteiger charge is 2.16. The molecule has 8 nitrogen and oxygen atoms in total. The van der Waals surface area contributed by atoms with Crippen LogP contribution in [-0.2, 0) is 4.74 Å². The third kappa shape index (κ3) is 3.28. The fourth-order valence-electron chi connectivity index (χ4n) is 3.11. The molecule has 0 aliphatic carbocycles. The molecule has 0 saturated heterocycles. The molecule has 0 aliphatic rings. The molecule has 0 spiro atoms. The van der Waals surface area contributed by atoms with E-state index in [-0.39, 0.29) is 29.0 Å². The number of halogens is 2. The van der Waals surface area contributed by atoms with Gasteiger partial charge < -0.3 is 9.72 Å². The highest BCUT2D eigenvalue weighted by atomic mass is 19.2. The summed E-state index contributed by atoms with van der Waals surface area (Å²) in [6, 6.07) is 5.24. The Morgan fingerprint density at radius 1 is 1.17 bits per heavy atom. The second kappa shape index (κ2) is 6.97. The molecule has 1 amide bonds. The predicted octanol–water partition coefficient (Wildman–Crippen LogP) is 3.62. The second-order valence-corrected chi connectivity index (χ2v) is 6.33. The number of aromatic nitrogens is 4. The number of hydrogen-bond donors (Lipinski definition) is 3. The molecule has 10 heteroatoms. The maximum Gasteiger partial charge on any atom is 0.413 e. The number of imidazole rings is 1. The smallest absolute Gasteiger partial charge is 0.413 e. The van der Waals surface area contributed by atoms with E-state index < -0.39 is 23.3 Å². The Hall–Kier alpha value is -3.82. The van der Waals surface area contributed by atoms with E-state index in [1.54, 1.807) is 26.0 Å². The van der Waals surface area contributed by atoms with Gasteiger partial charge in [0.15, 0.2) is 11.6 Å². The van der Waals surface area contributed by atoms with Crippen LogP contribution in [0.1, 0.15) is 12.5 Å². The van der Waals surface area contributed by atoms with Crippen molar-refractivity contribution in [3.63, 3.8) is 0 Å². The van der Waals surface area contributed by atoms with Crippen molar-refractivity contribution in [2.24, 2.45) is 0 Å². The topological polar surface area (TPSA) is 113 Å². The number of amides is 1. The van der Waals surface area contributed by atoms with E-state index in [9.17, 15) is 18.4 Å². The van der Waals surface area contributed by atoms with E-state index >= 15 is 0 Å². The Bertz CT molecular complexity index is 1330. The quantitative estimate of drug-likeness (QED) is 0.487. The van der Waals surface area contributed by atoms with Crippen LogP contribution in [0, 0.1) is 18.6 Å². The van der Waals surface area contributed by atoms with Crippen molar-refractivity contribution in [2.45, 2.75) is 13.8 Å². The lowest BCUT2D eigenvalue weighted by Gasteiger charge is -2.09. The lowest BCUT2D eigenvalue weighted by Crippen LogP contribution is -2.14. The molecular weight excluding hydrogens is 384 g/mol. The number of aryl methyl sites for hydroxylation is 1. The molecule has 2 aromatic heterocycles. The maximum absolute atomic E-state index is 13.8. The van der Waals surface area contributed by atoms with Crippen molar-refractivity contribution in [1.82, 2.24) is 20.2 Å². The molecule has 0 aliphatic heterocycles. The van der Waals surface area contributed by atoms with E-state index in [1.807, 2.05) is 0 Å². The molecule has 4 rings (SSSR count). The zero-order valence-corrected chi connectivity index (χ0v) is 15.4. The number of rotatable bonds is 3. The number of nitrogens with zero attached hydrogens (tertiary/aromatic N) is 2. The summed E-state index contributed by atoms with van der Waals surface area (Å²) in [5.74, 6) is -2.00. The van der Waals surface area contributed by atoms with Crippen molar-refractivity contribution in [3.05, 3.63) is 51.8 Å². The monoisotopic (exact) mass is 399 g/mol. The van der Waals surface area contributed by atoms with Crippen LogP contribution < -0.4 is 10.9 Å². The van der Waals surface area contributed by atoms with Gasteiger partial charge in [-0.2, -0.15) is 5.10 Å². The van der Waals surface area contributed by atoms with Crippen molar-refractivity contribution >= 4 is 33.8 Å². The van der Waals surface area contributed by atoms with Gasteiger partial charge in [-0.05, 0) is 43.7 Å². The number of H-pyrrole nitrogens is 2. The van der Waals surface area contributed by atoms with Gasteiger partial charge in [-0.1, -0.05) is 0 Å². The van der Waals surface area contributed by atoms with Crippen LogP contribution in [0.2, 0.25) is 0 Å². The molecule has 4 aromatic rings. The molecule has 0 atom stereocenters. The van der Waals surface area contributed by atoms with Crippen LogP contribution in [0.3, 0.4) is 0 Å². The Kier molecular flexibility index (Phi) is 4.45. The number of carbonyl (C=O) groups excluding carboxylic acids is 1. The van der Waals surface area contributed by atoms with Crippen LogP contribution in [0.5, 0.6) is 0 Å². The number of anilines is 1. The van der Waals surface area contributed by atoms with E-state index in [2.05, 4.69) is 25.5 Å². The van der Waals surface area contributed by atoms with Gasteiger partial charge in [0, 0.05) is 10.9 Å². The third-order valence-electron chi connectivity index (χ3n) is 4.41. The van der Waals surface area contributed by atoms with Crippen LogP contribution in [-0.4, -0.2) is 32.9 Å². The Labute approximate surface area is 161 Å². The fraction of sp³-hybridized carbons (Fsp3) is 0.158. The normalized spacial score (nSPS) is 11.2. The van der Waals surface area contributed by atoms with Crippen LogP contribution in [0.15, 0.2) is 29.1 Å². The van der Waals surface area contributed by atoms with Crippen molar-refractivity contribution < 1.29 is 18.3 Å². The summed E-state index contributed by atoms with van der Waals surface area (Å²) in [6.45, 7) is 3.70. The van der Waals surface area contributed by atoms with Crippen LogP contribution in [0.25, 0.3) is 33.1 Å². The van der Waals surface area contributed by atoms with E-state index in [0.29, 0.717) is 16.6 Å². The average Bonchev–Trinajstić information content (AvgIpc) is 3.04. The number of hydrogen-bond acceptors (Lipinski definition) is 5. The standard InChI is InChI=1S/C19H15F2N5O3/c1-3-29-19(28)24-18-22-14-4-8(2)9(7-15(14)23-18)16-10-5-12(20)13(21)6-11(10)17(27)26-25-16/h4-7H,3H2,1-2H3,(H,26,27)(H2,22,23,24,28). The van der Waals surface area contributed by atoms with Crippen molar-refractivity contribution in [2.75, 3.05) is 11.9 Å². The first-order valence-corrected chi connectivity index (χ1v) is 8.69. The van der Waals surface area contributed by atoms with Crippen molar-refractivity contribution in [1.29, 1.82) is 0 Å². The molecule has 0 fully saturated rings. The molecule has 0 bridgehead atoms. The zero-order chi connectivity index (χ0) is 20.7. The molecule has 3 N–H and O–H groups in total. The molecule has 2 aromatic carbocycles. The van der Waals surface area contributed by atoms with E-state index in [4.69, 9.17) is 4.74 Å². The Balaban J connectivity index is 1.87. The lowest BCUT2D eigenvalue weighted by atomic mass is 10.00. The van der Waals surface area contributed by atoms with Gasteiger partial charge in [-0.15, -0.1) is 0 Å². The number of ether oxygens (including phenoxy) is 1. The molecular formula is C19H15F2N5O3. The van der Waals surface area contributed by atoms with Gasteiger partial charge in [0.1, 0.15) is 0 Å². The summed E-state index contributed by atoms with van der Waals surface area (Å²) < 4.78 is 32.3. The third-order valence-corrected chi connectivity index (χ3v) is 4.41. The number of nitrogens with one attached hydrogen (secondary N) is 3. The van der Waals surface area contributed by atoms with E-state index in [0.717, 1.165) is 17.7 Å². The minimum absolute atomic E-state index is 0.0138. The first-order chi connectivity index (χ1) is 13.9. The molecule has 0 unspecified atom stereocenters. The maximum atomic E-state index is 13.8. The molecule has 2 heterocycles. The Morgan fingerprint density at radius 2 is 1.90 bits per heavy atom. The van der Waals surface area contributed by atoms with Gasteiger partial charge in [0.05, 0.1) is 28.7 Å². The summed E-state index contributed by atoms with van der Waals surface area (Å²) >= 11 is 0. The molecule has 29 heavy (non-hydrogen) atoms. The SMILES string of the molecule is CCOC(=O)Nc1nc2cc(-c3n[nH]c(=O)c4cc(F)c(F)cc34)c(C)cc2[nH]1. The number of fused-ring (bicyclic) bond motifs is 2. The lowest BCUT2D eigenvalue weighted by molar-refractivity contribution is 0.167. The fourth-order valence-corrected chi connectivity index (χ4v) is 3.11. The van der Waals surface area contributed by atoms with Crippen LogP contribution in [0.4, 0.5) is 19.5 Å². The van der Waals surface area contributed by atoms with Gasteiger partial charge >= 0.3 is 6.09 Å². The Morgan fingerprint density at radius 3 is 2.62 bits per heavy atom. The van der Waals surface area contributed by atoms with Gasteiger partial charge in [-0.25, -0.2) is 23.7 Å². The molecule has 0 radical (unpaired) electrons. The van der Waals surface area contributed by atoms with Gasteiger partial charge in [-0.3, -0.25) is 10.1 Å². The summed E-state index contributed by atoms with van der Waals surface area (Å²) in [7, 11) is 0. The average molecular weight is 399 g/mol. The summed E-state index contributed by atoms with van der Waals surface area (Å²) in [5, 5.41) is 8.99. The first-order valence-electron chi connectivity index (χ1n) is 8.69. The zero-order valence-electron chi connectivity index (χ0n) is 15.4. The molecule has 0 saturated carbocycles. The summed E-state index contributed by atoms with van der Waals surface area (Å²) in [6.07, 6.45) is -0.644. The predicted molar refractivity (Wildman–Crippen MR) is 103 cm³/mol. The summed E-state index contributed by atoms with van der Waals surface area (Å²) in [4.78, 5) is 30.8. The van der Waals surface area contributed by atoms with Crippen LogP contribution >= 0.6 is 0 Å². The summed E-state index contributed by atoms with van der Waals surface area (Å²) in [5.41, 5.74) is 2.11. The largest absolute Gasteiger partial charge is 0.450 e.